The van der Waals surface area contributed by atoms with E-state index in [4.69, 9.17) is 0 Å². The van der Waals surface area contributed by atoms with E-state index < -0.39 is 5.51 Å². The average Bonchev–Trinajstić information content (AvgIpc) is 2.79. The van der Waals surface area contributed by atoms with Crippen LogP contribution in [0.1, 0.15) is 5.69 Å². The third-order valence-electron chi connectivity index (χ3n) is 2.23. The summed E-state index contributed by atoms with van der Waals surface area (Å²) in [5.41, 5.74) is -2.43. The molecule has 1 heterocycles. The highest BCUT2D eigenvalue weighted by Gasteiger charge is 2.28. The van der Waals surface area contributed by atoms with Crippen molar-refractivity contribution in [3.8, 4) is 0 Å². The molecule has 0 amide bonds. The predicted molar refractivity (Wildman–Crippen MR) is 66.5 cm³/mol. The van der Waals surface area contributed by atoms with Crippen LogP contribution in [0.3, 0.4) is 0 Å². The van der Waals surface area contributed by atoms with Crippen molar-refractivity contribution >= 4 is 17.4 Å². The molecule has 96 valence electrons. The Balaban J connectivity index is 1.91. The first-order valence-electron chi connectivity index (χ1n) is 5.25. The third kappa shape index (κ3) is 4.03. The van der Waals surface area contributed by atoms with E-state index in [2.05, 4.69) is 10.3 Å². The van der Waals surface area contributed by atoms with Crippen LogP contribution in [-0.4, -0.2) is 10.5 Å². The van der Waals surface area contributed by atoms with Crippen LogP contribution in [0.2, 0.25) is 0 Å². The summed E-state index contributed by atoms with van der Waals surface area (Å²) in [7, 11) is 0. The minimum Gasteiger partial charge on any atom is -0.379 e. The molecule has 1 aromatic heterocycles. The molecule has 2 rings (SSSR count). The van der Waals surface area contributed by atoms with E-state index in [1.165, 1.54) is 12.1 Å². The van der Waals surface area contributed by atoms with E-state index in [1.807, 2.05) is 18.3 Å². The highest BCUT2D eigenvalue weighted by atomic mass is 32.2. The number of aromatic amines is 1. The average molecular weight is 272 g/mol. The van der Waals surface area contributed by atoms with Gasteiger partial charge in [0, 0.05) is 22.5 Å². The van der Waals surface area contributed by atoms with Crippen molar-refractivity contribution in [2.45, 2.75) is 16.9 Å². The van der Waals surface area contributed by atoms with Crippen molar-refractivity contribution in [1.29, 1.82) is 0 Å². The lowest BCUT2D eigenvalue weighted by Gasteiger charge is -2.08. The quantitative estimate of drug-likeness (QED) is 0.815. The van der Waals surface area contributed by atoms with Crippen LogP contribution in [0.5, 0.6) is 0 Å². The molecule has 0 aliphatic heterocycles. The van der Waals surface area contributed by atoms with Crippen LogP contribution < -0.4 is 5.32 Å². The Morgan fingerprint density at radius 2 is 1.83 bits per heavy atom. The molecular weight excluding hydrogens is 261 g/mol. The fourth-order valence-electron chi connectivity index (χ4n) is 1.45. The number of thioether (sulfide) groups is 1. The van der Waals surface area contributed by atoms with Gasteiger partial charge in [0.25, 0.3) is 0 Å². The molecule has 2 aromatic rings. The fraction of sp³-hybridized carbons (Fsp3) is 0.167. The van der Waals surface area contributed by atoms with Crippen molar-refractivity contribution in [2.24, 2.45) is 0 Å². The number of anilines is 1. The normalized spacial score (nSPS) is 11.5. The van der Waals surface area contributed by atoms with Gasteiger partial charge >= 0.3 is 5.51 Å². The summed E-state index contributed by atoms with van der Waals surface area (Å²) in [6.45, 7) is 0.610. The van der Waals surface area contributed by atoms with E-state index in [9.17, 15) is 13.2 Å². The first kappa shape index (κ1) is 12.9. The second-order valence-corrected chi connectivity index (χ2v) is 4.76. The number of hydrogen-bond donors (Lipinski definition) is 2. The number of rotatable bonds is 4. The molecule has 6 heteroatoms. The number of aromatic nitrogens is 1. The summed E-state index contributed by atoms with van der Waals surface area (Å²) in [6.07, 6.45) is 1.82. The zero-order valence-corrected chi connectivity index (χ0v) is 10.1. The predicted octanol–water partition coefficient (Wildman–Crippen LogP) is 4.24. The number of H-pyrrole nitrogens is 1. The number of alkyl halides is 3. The molecule has 2 nitrogen and oxygen atoms in total. The number of benzene rings is 1. The Morgan fingerprint density at radius 3 is 2.39 bits per heavy atom. The van der Waals surface area contributed by atoms with Gasteiger partial charge in [-0.05, 0) is 48.2 Å². The van der Waals surface area contributed by atoms with Gasteiger partial charge in [-0.1, -0.05) is 0 Å². The lowest BCUT2D eigenvalue weighted by atomic mass is 10.3. The maximum absolute atomic E-state index is 12.1. The number of nitrogens with one attached hydrogen (secondary N) is 2. The zero-order valence-electron chi connectivity index (χ0n) is 9.29. The van der Waals surface area contributed by atoms with Crippen LogP contribution in [-0.2, 0) is 6.54 Å². The Morgan fingerprint density at radius 1 is 1.11 bits per heavy atom. The van der Waals surface area contributed by atoms with Gasteiger partial charge < -0.3 is 10.3 Å². The van der Waals surface area contributed by atoms with Gasteiger partial charge in [-0.3, -0.25) is 0 Å². The van der Waals surface area contributed by atoms with Crippen molar-refractivity contribution < 1.29 is 13.2 Å². The van der Waals surface area contributed by atoms with Gasteiger partial charge in [-0.15, -0.1) is 0 Å². The largest absolute Gasteiger partial charge is 0.446 e. The lowest BCUT2D eigenvalue weighted by molar-refractivity contribution is -0.0328. The molecule has 0 radical (unpaired) electrons. The van der Waals surface area contributed by atoms with Crippen LogP contribution in [0.4, 0.5) is 18.9 Å². The van der Waals surface area contributed by atoms with E-state index in [0.29, 0.717) is 6.54 Å². The van der Waals surface area contributed by atoms with Crippen molar-refractivity contribution in [1.82, 2.24) is 4.98 Å². The summed E-state index contributed by atoms with van der Waals surface area (Å²) < 4.78 is 36.4. The van der Waals surface area contributed by atoms with Gasteiger partial charge in [-0.25, -0.2) is 0 Å². The molecular formula is C12H11F3N2S. The molecule has 0 bridgehead atoms. The second-order valence-electron chi connectivity index (χ2n) is 3.62. The molecule has 0 spiro atoms. The van der Waals surface area contributed by atoms with Crippen LogP contribution in [0.25, 0.3) is 0 Å². The highest BCUT2D eigenvalue weighted by Crippen LogP contribution is 2.36. The molecule has 0 aliphatic rings. The van der Waals surface area contributed by atoms with Crippen LogP contribution in [0.15, 0.2) is 47.5 Å². The van der Waals surface area contributed by atoms with Crippen molar-refractivity contribution in [3.05, 3.63) is 48.3 Å². The minimum atomic E-state index is -4.24. The Bertz CT molecular complexity index is 477. The maximum Gasteiger partial charge on any atom is 0.446 e. The topological polar surface area (TPSA) is 27.8 Å². The summed E-state index contributed by atoms with van der Waals surface area (Å²) >= 11 is -0.109. The molecule has 0 fully saturated rings. The van der Waals surface area contributed by atoms with E-state index >= 15 is 0 Å². The molecule has 0 saturated carbocycles. The Hall–Kier alpha value is -1.56. The fourth-order valence-corrected chi connectivity index (χ4v) is 1.99. The summed E-state index contributed by atoms with van der Waals surface area (Å²) in [5, 5.41) is 3.12. The molecule has 0 aliphatic carbocycles. The van der Waals surface area contributed by atoms with Gasteiger partial charge in [0.2, 0.25) is 0 Å². The molecule has 0 saturated heterocycles. The third-order valence-corrected chi connectivity index (χ3v) is 2.97. The monoisotopic (exact) mass is 272 g/mol. The molecule has 2 N–H and O–H groups in total. The van der Waals surface area contributed by atoms with Crippen LogP contribution >= 0.6 is 11.8 Å². The van der Waals surface area contributed by atoms with E-state index in [0.717, 1.165) is 11.4 Å². The van der Waals surface area contributed by atoms with Gasteiger partial charge in [0.15, 0.2) is 0 Å². The van der Waals surface area contributed by atoms with E-state index in [1.54, 1.807) is 12.1 Å². The van der Waals surface area contributed by atoms with Crippen molar-refractivity contribution in [2.75, 3.05) is 5.32 Å². The highest BCUT2D eigenvalue weighted by molar-refractivity contribution is 8.00. The van der Waals surface area contributed by atoms with Crippen LogP contribution in [0, 0.1) is 0 Å². The van der Waals surface area contributed by atoms with Crippen molar-refractivity contribution in [3.63, 3.8) is 0 Å². The standard InChI is InChI=1S/C12H11F3N2S/c13-12(14,15)18-11-5-3-9(4-6-11)17-8-10-2-1-7-16-10/h1-7,16-17H,8H2. The lowest BCUT2D eigenvalue weighted by Crippen LogP contribution is -2.00. The SMILES string of the molecule is FC(F)(F)Sc1ccc(NCc2ccc[nH]2)cc1. The Labute approximate surface area is 107 Å². The second kappa shape index (κ2) is 5.39. The first-order valence-corrected chi connectivity index (χ1v) is 6.06. The molecule has 0 unspecified atom stereocenters. The van der Waals surface area contributed by atoms with E-state index in [-0.39, 0.29) is 16.7 Å². The minimum absolute atomic E-state index is 0.109. The molecule has 18 heavy (non-hydrogen) atoms. The Kier molecular flexibility index (Phi) is 3.86. The number of halogens is 3. The van der Waals surface area contributed by atoms with Gasteiger partial charge in [-0.2, -0.15) is 13.2 Å². The number of hydrogen-bond acceptors (Lipinski definition) is 2. The zero-order chi connectivity index (χ0) is 13.0. The van der Waals surface area contributed by atoms with Gasteiger partial charge in [0.1, 0.15) is 0 Å². The maximum atomic E-state index is 12.1. The molecule has 0 atom stereocenters. The summed E-state index contributed by atoms with van der Waals surface area (Å²) in [6, 6.07) is 10.00. The summed E-state index contributed by atoms with van der Waals surface area (Å²) in [4.78, 5) is 3.22. The molecule has 1 aromatic carbocycles. The van der Waals surface area contributed by atoms with Gasteiger partial charge in [0.05, 0.1) is 6.54 Å². The smallest absolute Gasteiger partial charge is 0.379 e. The first-order chi connectivity index (χ1) is 8.53. The summed E-state index contributed by atoms with van der Waals surface area (Å²) in [5.74, 6) is 0.